The predicted octanol–water partition coefficient (Wildman–Crippen LogP) is 7.24. The summed E-state index contributed by atoms with van der Waals surface area (Å²) >= 11 is 1.70. The lowest BCUT2D eigenvalue weighted by Gasteiger charge is -2.22. The Morgan fingerprint density at radius 1 is 1.00 bits per heavy atom. The number of carboxylic acid groups (broad SMARTS) is 1. The summed E-state index contributed by atoms with van der Waals surface area (Å²) in [5, 5.41) is 12.5. The molecule has 1 aliphatic heterocycles. The minimum absolute atomic E-state index is 0.0242. The molecule has 0 radical (unpaired) electrons. The highest BCUT2D eigenvalue weighted by Crippen LogP contribution is 2.38. The van der Waals surface area contributed by atoms with E-state index in [1.807, 2.05) is 36.4 Å². The molecule has 0 saturated carbocycles. The van der Waals surface area contributed by atoms with Crippen LogP contribution >= 0.6 is 11.3 Å². The molecule has 1 N–H and O–H groups in total. The summed E-state index contributed by atoms with van der Waals surface area (Å²) in [6, 6.07) is 20.0. The summed E-state index contributed by atoms with van der Waals surface area (Å²) in [4.78, 5) is 11.2. The van der Waals surface area contributed by atoms with E-state index in [2.05, 4.69) is 48.4 Å². The molecule has 1 unspecified atom stereocenters. The van der Waals surface area contributed by atoms with Gasteiger partial charge in [0.2, 0.25) is 0 Å². The van der Waals surface area contributed by atoms with Crippen molar-refractivity contribution in [3.05, 3.63) is 82.7 Å². The number of sulfone groups is 1. The largest absolute Gasteiger partial charge is 0.493 e. The van der Waals surface area contributed by atoms with E-state index in [4.69, 9.17) is 9.47 Å². The second kappa shape index (κ2) is 13.0. The molecule has 42 heavy (non-hydrogen) atoms. The number of ether oxygens (including phenoxy) is 2. The number of carbonyl (C=O) groups is 1. The summed E-state index contributed by atoms with van der Waals surface area (Å²) < 4.78 is 36.8. The Morgan fingerprint density at radius 3 is 2.40 bits per heavy atom. The molecule has 0 amide bonds. The highest BCUT2D eigenvalue weighted by atomic mass is 32.2. The molecule has 4 aromatic rings. The maximum absolute atomic E-state index is 11.7. The second-order valence-electron chi connectivity index (χ2n) is 10.8. The lowest BCUT2D eigenvalue weighted by molar-refractivity contribution is -0.137. The molecule has 6 nitrogen and oxygen atoms in total. The van der Waals surface area contributed by atoms with Crippen LogP contribution in [0.15, 0.2) is 66.0 Å². The zero-order chi connectivity index (χ0) is 29.7. The van der Waals surface area contributed by atoms with E-state index in [1.54, 1.807) is 18.3 Å². The molecule has 0 bridgehead atoms. The number of fused-ring (bicyclic) bond motifs is 1. The van der Waals surface area contributed by atoms with Crippen molar-refractivity contribution in [3.63, 3.8) is 0 Å². The van der Waals surface area contributed by atoms with Crippen molar-refractivity contribution in [2.45, 2.75) is 45.6 Å². The van der Waals surface area contributed by atoms with Crippen LogP contribution < -0.4 is 9.47 Å². The zero-order valence-electron chi connectivity index (χ0n) is 23.8. The van der Waals surface area contributed by atoms with Crippen LogP contribution in [0.2, 0.25) is 0 Å². The van der Waals surface area contributed by atoms with E-state index in [9.17, 15) is 18.3 Å². The van der Waals surface area contributed by atoms with Crippen molar-refractivity contribution >= 4 is 37.2 Å². The number of benzene rings is 3. The fourth-order valence-electron chi connectivity index (χ4n) is 5.27. The van der Waals surface area contributed by atoms with Crippen molar-refractivity contribution in [3.8, 4) is 34.5 Å². The van der Waals surface area contributed by atoms with Crippen LogP contribution in [0, 0.1) is 24.7 Å². The normalized spacial score (nSPS) is 15.5. The number of rotatable bonds is 10. The highest BCUT2D eigenvalue weighted by molar-refractivity contribution is 7.91. The zero-order valence-corrected chi connectivity index (χ0v) is 25.4. The number of thiophene rings is 1. The van der Waals surface area contributed by atoms with Crippen molar-refractivity contribution in [2.75, 3.05) is 18.1 Å². The molecule has 1 saturated heterocycles. The monoisotopic (exact) mass is 602 g/mol. The van der Waals surface area contributed by atoms with Gasteiger partial charge in [-0.1, -0.05) is 36.3 Å². The molecule has 2 heterocycles. The van der Waals surface area contributed by atoms with Crippen LogP contribution in [0.4, 0.5) is 0 Å². The Kier molecular flexibility index (Phi) is 9.20. The Labute approximate surface area is 251 Å². The van der Waals surface area contributed by atoms with Crippen molar-refractivity contribution in [2.24, 2.45) is 5.92 Å². The first kappa shape index (κ1) is 29.7. The molecule has 1 aromatic heterocycles. The Morgan fingerprint density at radius 2 is 1.71 bits per heavy atom. The Bertz CT molecular complexity index is 1730. The Balaban J connectivity index is 1.25. The van der Waals surface area contributed by atoms with Gasteiger partial charge in [0.05, 0.1) is 30.5 Å². The van der Waals surface area contributed by atoms with Gasteiger partial charge in [-0.25, -0.2) is 8.42 Å². The van der Waals surface area contributed by atoms with E-state index in [-0.39, 0.29) is 29.8 Å². The van der Waals surface area contributed by atoms with Crippen LogP contribution in [-0.4, -0.2) is 37.6 Å². The van der Waals surface area contributed by atoms with E-state index in [1.165, 1.54) is 4.70 Å². The molecular formula is C34H34O6S2. The molecular weight excluding hydrogens is 569 g/mol. The maximum Gasteiger partial charge on any atom is 0.304 e. The van der Waals surface area contributed by atoms with Crippen molar-refractivity contribution in [1.29, 1.82) is 0 Å². The van der Waals surface area contributed by atoms with Gasteiger partial charge in [-0.15, -0.1) is 17.3 Å². The average Bonchev–Trinajstić information content (AvgIpc) is 3.38. The van der Waals surface area contributed by atoms with E-state index < -0.39 is 15.8 Å². The SMILES string of the molecule is CC#CC(CC(=O)O)c1ccc(COc2ccc3scc(-c4ccc(OCC5CCS(=O)(=O)CC5)cc4C)c3c2)cc1. The Hall–Kier alpha value is -3.80. The van der Waals surface area contributed by atoms with Gasteiger partial charge in [0.25, 0.3) is 0 Å². The van der Waals surface area contributed by atoms with E-state index in [0.717, 1.165) is 44.7 Å². The molecule has 3 aromatic carbocycles. The minimum Gasteiger partial charge on any atom is -0.493 e. The number of aryl methyl sites for hydroxylation is 1. The smallest absolute Gasteiger partial charge is 0.304 e. The van der Waals surface area contributed by atoms with Crippen molar-refractivity contribution < 1.29 is 27.8 Å². The fraction of sp³-hybridized carbons (Fsp3) is 0.324. The molecule has 5 rings (SSSR count). The summed E-state index contributed by atoms with van der Waals surface area (Å²) in [5.41, 5.74) is 5.27. The van der Waals surface area contributed by atoms with Gasteiger partial charge in [-0.05, 0) is 90.6 Å². The van der Waals surface area contributed by atoms with Crippen LogP contribution in [0.3, 0.4) is 0 Å². The van der Waals surface area contributed by atoms with Gasteiger partial charge in [-0.3, -0.25) is 4.79 Å². The van der Waals surface area contributed by atoms with Gasteiger partial charge in [0.1, 0.15) is 27.9 Å². The number of carboxylic acids is 1. The molecule has 1 atom stereocenters. The van der Waals surface area contributed by atoms with Crippen LogP contribution in [0.1, 0.15) is 48.8 Å². The summed E-state index contributed by atoms with van der Waals surface area (Å²) in [7, 11) is -2.87. The van der Waals surface area contributed by atoms with Crippen LogP contribution in [-0.2, 0) is 21.2 Å². The maximum atomic E-state index is 11.7. The van der Waals surface area contributed by atoms with Crippen LogP contribution in [0.25, 0.3) is 21.2 Å². The van der Waals surface area contributed by atoms with E-state index in [0.29, 0.717) is 26.1 Å². The first-order chi connectivity index (χ1) is 20.2. The highest BCUT2D eigenvalue weighted by Gasteiger charge is 2.24. The summed E-state index contributed by atoms with van der Waals surface area (Å²) in [6.07, 6.45) is 1.30. The van der Waals surface area contributed by atoms with Gasteiger partial charge in [0.15, 0.2) is 0 Å². The van der Waals surface area contributed by atoms with Gasteiger partial charge in [0, 0.05) is 15.6 Å². The fourth-order valence-corrected chi connectivity index (χ4v) is 7.80. The van der Waals surface area contributed by atoms with Gasteiger partial charge >= 0.3 is 5.97 Å². The summed E-state index contributed by atoms with van der Waals surface area (Å²) in [6.45, 7) is 4.73. The van der Waals surface area contributed by atoms with Gasteiger partial charge < -0.3 is 14.6 Å². The minimum atomic E-state index is -2.87. The quantitative estimate of drug-likeness (QED) is 0.193. The number of hydrogen-bond donors (Lipinski definition) is 1. The predicted molar refractivity (Wildman–Crippen MR) is 168 cm³/mol. The second-order valence-corrected chi connectivity index (χ2v) is 14.0. The lowest BCUT2D eigenvalue weighted by atomic mass is 9.95. The number of aliphatic carboxylic acids is 1. The molecule has 0 spiro atoms. The molecule has 1 fully saturated rings. The first-order valence-electron chi connectivity index (χ1n) is 14.0. The third-order valence-corrected chi connectivity index (χ3v) is 10.4. The molecule has 218 valence electrons. The molecule has 0 aliphatic carbocycles. The number of hydrogen-bond acceptors (Lipinski definition) is 6. The topological polar surface area (TPSA) is 89.9 Å². The molecule has 8 heteroatoms. The third-order valence-electron chi connectivity index (χ3n) is 7.68. The lowest BCUT2D eigenvalue weighted by Crippen LogP contribution is -2.26. The summed E-state index contributed by atoms with van der Waals surface area (Å²) in [5.74, 6) is 6.98. The third kappa shape index (κ3) is 7.33. The molecule has 1 aliphatic rings. The van der Waals surface area contributed by atoms with Gasteiger partial charge in [-0.2, -0.15) is 0 Å². The average molecular weight is 603 g/mol. The van der Waals surface area contributed by atoms with E-state index >= 15 is 0 Å². The van der Waals surface area contributed by atoms with Crippen molar-refractivity contribution in [1.82, 2.24) is 0 Å². The standard InChI is InChI=1S/C34H34O6S2/c1-3-4-27(18-34(35)36)26-7-5-24(6-8-26)20-40-29-10-12-33-31(19-29)32(22-41-33)30-11-9-28(17-23(30)2)39-21-25-13-15-42(37,38)16-14-25/h5-12,17,19,22,25,27H,13-16,18,20-21H2,1-2H3,(H,35,36). The first-order valence-corrected chi connectivity index (χ1v) is 16.7. The van der Waals surface area contributed by atoms with Crippen LogP contribution in [0.5, 0.6) is 11.5 Å².